The molecule has 204 valence electrons. The van der Waals surface area contributed by atoms with Crippen LogP contribution in [-0.2, 0) is 29.0 Å². The molecule has 12 heteroatoms. The number of nitrogens with zero attached hydrogens (tertiary/aromatic N) is 2. The van der Waals surface area contributed by atoms with Crippen molar-refractivity contribution in [2.24, 2.45) is 5.92 Å². The highest BCUT2D eigenvalue weighted by atomic mass is 32.2. The fraction of sp³-hybridized carbons (Fsp3) is 0.423. The summed E-state index contributed by atoms with van der Waals surface area (Å²) >= 11 is 1.18. The summed E-state index contributed by atoms with van der Waals surface area (Å²) in [5, 5.41) is 8.84. The number of sulfonamides is 1. The first-order valence-corrected chi connectivity index (χ1v) is 14.5. The van der Waals surface area contributed by atoms with E-state index in [4.69, 9.17) is 4.74 Å². The molecule has 1 heterocycles. The maximum atomic E-state index is 13.1. The molecule has 1 aromatic heterocycles. The molecule has 0 saturated heterocycles. The number of carbonyl (C=O) groups excluding carboxylic acids is 1. The molecule has 7 nitrogen and oxygen atoms in total. The minimum Gasteiger partial charge on any atom is -0.493 e. The zero-order valence-corrected chi connectivity index (χ0v) is 22.8. The summed E-state index contributed by atoms with van der Waals surface area (Å²) in [6.07, 6.45) is -2.58. The van der Waals surface area contributed by atoms with Crippen molar-refractivity contribution >= 4 is 32.3 Å². The van der Waals surface area contributed by atoms with E-state index in [0.29, 0.717) is 19.3 Å². The van der Waals surface area contributed by atoms with Gasteiger partial charge in [-0.1, -0.05) is 31.3 Å². The second-order valence-electron chi connectivity index (χ2n) is 9.51. The lowest BCUT2D eigenvalue weighted by molar-refractivity contribution is -0.137. The Kier molecular flexibility index (Phi) is 8.12. The molecule has 0 bridgehead atoms. The molecule has 2 aromatic carbocycles. The van der Waals surface area contributed by atoms with Gasteiger partial charge in [-0.2, -0.15) is 13.2 Å². The SMILES string of the molecule is CCOc1cc(C(F)(F)F)ccc1C(=O)CC1CCc2ccc(S(=O)(=O)Nc3nnc(C(C)C)s3)cc2C1. The molecule has 0 fully saturated rings. The molecular formula is C26H28F3N3O4S2. The van der Waals surface area contributed by atoms with Crippen LogP contribution in [0.1, 0.15) is 71.6 Å². The molecule has 0 amide bonds. The average Bonchev–Trinajstić information content (AvgIpc) is 3.31. The van der Waals surface area contributed by atoms with Crippen molar-refractivity contribution < 1.29 is 31.1 Å². The first-order chi connectivity index (χ1) is 17.9. The monoisotopic (exact) mass is 567 g/mol. The number of anilines is 1. The minimum atomic E-state index is -4.54. The Hall–Kier alpha value is -2.99. The van der Waals surface area contributed by atoms with E-state index in [1.165, 1.54) is 17.4 Å². The Labute approximate surface area is 223 Å². The quantitative estimate of drug-likeness (QED) is 0.307. The van der Waals surface area contributed by atoms with Gasteiger partial charge in [0, 0.05) is 12.3 Å². The van der Waals surface area contributed by atoms with Gasteiger partial charge in [0.05, 0.1) is 22.6 Å². The molecule has 3 aromatic rings. The number of alkyl halides is 3. The highest BCUT2D eigenvalue weighted by Gasteiger charge is 2.32. The second-order valence-corrected chi connectivity index (χ2v) is 12.2. The van der Waals surface area contributed by atoms with Crippen molar-refractivity contribution in [3.63, 3.8) is 0 Å². The molecule has 0 aliphatic heterocycles. The molecule has 1 atom stereocenters. The summed E-state index contributed by atoms with van der Waals surface area (Å²) < 4.78 is 73.2. The second kappa shape index (κ2) is 11.0. The molecule has 1 unspecified atom stereocenters. The smallest absolute Gasteiger partial charge is 0.416 e. The van der Waals surface area contributed by atoms with E-state index in [2.05, 4.69) is 14.9 Å². The summed E-state index contributed by atoms with van der Waals surface area (Å²) in [7, 11) is -3.89. The summed E-state index contributed by atoms with van der Waals surface area (Å²) in [6.45, 7) is 5.65. The molecule has 1 aliphatic rings. The third-order valence-electron chi connectivity index (χ3n) is 6.36. The van der Waals surface area contributed by atoms with Crippen LogP contribution in [0.25, 0.3) is 0 Å². The molecule has 0 saturated carbocycles. The third kappa shape index (κ3) is 6.35. The van der Waals surface area contributed by atoms with Gasteiger partial charge < -0.3 is 4.74 Å². The predicted molar refractivity (Wildman–Crippen MR) is 138 cm³/mol. The van der Waals surface area contributed by atoms with Gasteiger partial charge in [-0.25, -0.2) is 8.42 Å². The lowest BCUT2D eigenvalue weighted by atomic mass is 9.80. The zero-order chi connectivity index (χ0) is 27.7. The zero-order valence-electron chi connectivity index (χ0n) is 21.1. The largest absolute Gasteiger partial charge is 0.493 e. The highest BCUT2D eigenvalue weighted by molar-refractivity contribution is 7.93. The average molecular weight is 568 g/mol. The molecular weight excluding hydrogens is 539 g/mol. The predicted octanol–water partition coefficient (Wildman–Crippen LogP) is 6.26. The van der Waals surface area contributed by atoms with E-state index in [1.54, 1.807) is 25.1 Å². The van der Waals surface area contributed by atoms with Crippen LogP contribution in [0.4, 0.5) is 18.3 Å². The topological polar surface area (TPSA) is 98.2 Å². The van der Waals surface area contributed by atoms with E-state index >= 15 is 0 Å². The Morgan fingerprint density at radius 1 is 1.16 bits per heavy atom. The molecule has 38 heavy (non-hydrogen) atoms. The maximum absolute atomic E-state index is 13.1. The first kappa shape index (κ1) is 28.0. The standard InChI is InChI=1S/C26H28F3N3O4S2/c1-4-36-23-14-19(26(27,28)29)8-10-21(23)22(33)12-16-5-6-17-7-9-20(13-18(17)11-16)38(34,35)32-25-31-30-24(37-25)15(2)3/h7-10,13-16H,4-6,11-12H2,1-3H3,(H,31,32). The Bertz CT molecular complexity index is 1440. The van der Waals surface area contributed by atoms with Crippen molar-refractivity contribution in [2.45, 2.75) is 63.4 Å². The van der Waals surface area contributed by atoms with Crippen LogP contribution in [-0.4, -0.2) is 31.0 Å². The van der Waals surface area contributed by atoms with Crippen molar-refractivity contribution in [3.05, 3.63) is 63.7 Å². The van der Waals surface area contributed by atoms with E-state index < -0.39 is 21.8 Å². The highest BCUT2D eigenvalue weighted by Crippen LogP contribution is 2.36. The molecule has 0 radical (unpaired) electrons. The van der Waals surface area contributed by atoms with Gasteiger partial charge in [-0.05, 0) is 73.6 Å². The number of hydrogen-bond donors (Lipinski definition) is 1. The van der Waals surface area contributed by atoms with Crippen LogP contribution < -0.4 is 9.46 Å². The van der Waals surface area contributed by atoms with E-state index in [9.17, 15) is 26.4 Å². The molecule has 1 N–H and O–H groups in total. The number of ether oxygens (including phenoxy) is 1. The number of nitrogens with one attached hydrogen (secondary N) is 1. The number of hydrogen-bond acceptors (Lipinski definition) is 7. The van der Waals surface area contributed by atoms with E-state index in [1.807, 2.05) is 13.8 Å². The van der Waals surface area contributed by atoms with Crippen LogP contribution >= 0.6 is 11.3 Å². The van der Waals surface area contributed by atoms with Crippen molar-refractivity contribution in [3.8, 4) is 5.75 Å². The molecule has 4 rings (SSSR count). The number of fused-ring (bicyclic) bond motifs is 1. The van der Waals surface area contributed by atoms with E-state index in [0.717, 1.165) is 28.3 Å². The van der Waals surface area contributed by atoms with Crippen LogP contribution in [0.5, 0.6) is 5.75 Å². The van der Waals surface area contributed by atoms with Gasteiger partial charge in [0.15, 0.2) is 5.78 Å². The Morgan fingerprint density at radius 3 is 2.58 bits per heavy atom. The Morgan fingerprint density at radius 2 is 1.92 bits per heavy atom. The van der Waals surface area contributed by atoms with Crippen LogP contribution in [0, 0.1) is 5.92 Å². The Balaban J connectivity index is 1.49. The molecule has 0 spiro atoms. The summed E-state index contributed by atoms with van der Waals surface area (Å²) in [5.74, 6) is -0.352. The fourth-order valence-electron chi connectivity index (χ4n) is 4.41. The van der Waals surface area contributed by atoms with Gasteiger partial charge in [-0.15, -0.1) is 10.2 Å². The maximum Gasteiger partial charge on any atom is 0.416 e. The van der Waals surface area contributed by atoms with Gasteiger partial charge >= 0.3 is 6.18 Å². The van der Waals surface area contributed by atoms with E-state index in [-0.39, 0.29) is 52.0 Å². The lowest BCUT2D eigenvalue weighted by Gasteiger charge is -2.25. The van der Waals surface area contributed by atoms with Crippen molar-refractivity contribution in [1.82, 2.24) is 10.2 Å². The number of carbonyl (C=O) groups is 1. The fourth-order valence-corrected chi connectivity index (χ4v) is 6.44. The van der Waals surface area contributed by atoms with Gasteiger partial charge in [-0.3, -0.25) is 9.52 Å². The normalized spacial score (nSPS) is 15.8. The molecule has 1 aliphatic carbocycles. The van der Waals surface area contributed by atoms with Gasteiger partial charge in [0.2, 0.25) is 5.13 Å². The number of halogens is 3. The summed E-state index contributed by atoms with van der Waals surface area (Å²) in [6, 6.07) is 7.86. The number of aryl methyl sites for hydroxylation is 1. The third-order valence-corrected chi connectivity index (χ3v) is 8.96. The van der Waals surface area contributed by atoms with Crippen molar-refractivity contribution in [1.29, 1.82) is 0 Å². The van der Waals surface area contributed by atoms with Crippen LogP contribution in [0.3, 0.4) is 0 Å². The van der Waals surface area contributed by atoms with Crippen LogP contribution in [0.2, 0.25) is 0 Å². The number of Topliss-reactive ketones (excluding diaryl/α,β-unsaturated/α-hetero) is 1. The van der Waals surface area contributed by atoms with Crippen molar-refractivity contribution in [2.75, 3.05) is 11.3 Å². The van der Waals surface area contributed by atoms with Gasteiger partial charge in [0.25, 0.3) is 10.0 Å². The number of ketones is 1. The minimum absolute atomic E-state index is 0.0831. The number of rotatable bonds is 9. The van der Waals surface area contributed by atoms with Crippen LogP contribution in [0.15, 0.2) is 41.3 Å². The first-order valence-electron chi connectivity index (χ1n) is 12.2. The number of benzene rings is 2. The summed E-state index contributed by atoms with van der Waals surface area (Å²) in [4.78, 5) is 13.2. The number of aromatic nitrogens is 2. The lowest BCUT2D eigenvalue weighted by Crippen LogP contribution is -2.20. The van der Waals surface area contributed by atoms with Gasteiger partial charge in [0.1, 0.15) is 10.8 Å². The summed E-state index contributed by atoms with van der Waals surface area (Å²) in [5.41, 5.74) is 1.08.